The van der Waals surface area contributed by atoms with Gasteiger partial charge in [-0.3, -0.25) is 0 Å². The Morgan fingerprint density at radius 1 is 1.78 bits per heavy atom. The minimum atomic E-state index is -0.150. The summed E-state index contributed by atoms with van der Waals surface area (Å²) in [6.07, 6.45) is 7.51. The molecule has 2 atom stereocenters. The van der Waals surface area contributed by atoms with E-state index in [1.807, 2.05) is 12.2 Å². The zero-order chi connectivity index (χ0) is 6.69. The van der Waals surface area contributed by atoms with Crippen LogP contribution in [-0.4, -0.2) is 11.2 Å². The normalized spacial score (nSPS) is 33.0. The zero-order valence-corrected chi connectivity index (χ0v) is 5.46. The number of hydrogen-bond acceptors (Lipinski definition) is 1. The number of aliphatic hydroxyl groups is 1. The van der Waals surface area contributed by atoms with Crippen LogP contribution in [0.1, 0.15) is 12.8 Å². The van der Waals surface area contributed by atoms with Gasteiger partial charge in [-0.15, -0.1) is 6.58 Å². The number of allylic oxidation sites excluding steroid dienone is 1. The van der Waals surface area contributed by atoms with Crippen molar-refractivity contribution in [3.8, 4) is 0 Å². The Bertz CT molecular complexity index is 127. The molecule has 1 heteroatoms. The minimum absolute atomic E-state index is 0.150. The summed E-state index contributed by atoms with van der Waals surface area (Å²) in [5, 5.41) is 9.21. The van der Waals surface area contributed by atoms with Gasteiger partial charge >= 0.3 is 0 Å². The lowest BCUT2D eigenvalue weighted by Crippen LogP contribution is -2.11. The minimum Gasteiger partial charge on any atom is -0.392 e. The standard InChI is InChI=1S/C8H12O/c1-2-4-7-5-3-6-8(7)9/h2-3,5,7-9H,1,4,6H2/t7-,8-/m1/s1. The van der Waals surface area contributed by atoms with E-state index < -0.39 is 0 Å². The molecule has 0 spiro atoms. The van der Waals surface area contributed by atoms with Gasteiger partial charge in [0.15, 0.2) is 0 Å². The summed E-state index contributed by atoms with van der Waals surface area (Å²) in [7, 11) is 0. The Labute approximate surface area is 55.7 Å². The van der Waals surface area contributed by atoms with Gasteiger partial charge < -0.3 is 5.11 Å². The lowest BCUT2D eigenvalue weighted by molar-refractivity contribution is 0.144. The highest BCUT2D eigenvalue weighted by atomic mass is 16.3. The lowest BCUT2D eigenvalue weighted by atomic mass is 10.0. The second kappa shape index (κ2) is 2.83. The first-order chi connectivity index (χ1) is 4.34. The van der Waals surface area contributed by atoms with Gasteiger partial charge in [-0.25, -0.2) is 0 Å². The Morgan fingerprint density at radius 2 is 2.56 bits per heavy atom. The maximum Gasteiger partial charge on any atom is 0.0640 e. The first-order valence-corrected chi connectivity index (χ1v) is 3.30. The summed E-state index contributed by atoms with van der Waals surface area (Å²) in [5.41, 5.74) is 0. The molecule has 1 N–H and O–H groups in total. The molecule has 0 saturated carbocycles. The number of rotatable bonds is 2. The summed E-state index contributed by atoms with van der Waals surface area (Å²) in [6.45, 7) is 3.61. The molecule has 0 aliphatic heterocycles. The van der Waals surface area contributed by atoms with Crippen molar-refractivity contribution in [2.24, 2.45) is 5.92 Å². The highest BCUT2D eigenvalue weighted by Crippen LogP contribution is 2.20. The third-order valence-electron chi connectivity index (χ3n) is 1.69. The van der Waals surface area contributed by atoms with Crippen LogP contribution in [-0.2, 0) is 0 Å². The highest BCUT2D eigenvalue weighted by molar-refractivity contribution is 5.03. The van der Waals surface area contributed by atoms with Crippen molar-refractivity contribution in [1.29, 1.82) is 0 Å². The van der Waals surface area contributed by atoms with Crippen molar-refractivity contribution >= 4 is 0 Å². The molecule has 0 aromatic rings. The van der Waals surface area contributed by atoms with Crippen LogP contribution in [0.5, 0.6) is 0 Å². The predicted molar refractivity (Wildman–Crippen MR) is 38.1 cm³/mol. The Balaban J connectivity index is 2.39. The first kappa shape index (κ1) is 6.56. The van der Waals surface area contributed by atoms with E-state index in [1.54, 1.807) is 0 Å². The fraction of sp³-hybridized carbons (Fsp3) is 0.500. The second-order valence-electron chi connectivity index (χ2n) is 2.42. The van der Waals surface area contributed by atoms with E-state index in [-0.39, 0.29) is 6.10 Å². The predicted octanol–water partition coefficient (Wildman–Crippen LogP) is 1.50. The van der Waals surface area contributed by atoms with Crippen molar-refractivity contribution in [1.82, 2.24) is 0 Å². The summed E-state index contributed by atoms with van der Waals surface area (Å²) in [5.74, 6) is 0.336. The lowest BCUT2D eigenvalue weighted by Gasteiger charge is -2.09. The average Bonchev–Trinajstić information content (AvgIpc) is 2.18. The molecule has 9 heavy (non-hydrogen) atoms. The third kappa shape index (κ3) is 1.42. The first-order valence-electron chi connectivity index (χ1n) is 3.30. The van der Waals surface area contributed by atoms with E-state index in [0.717, 1.165) is 12.8 Å². The average molecular weight is 124 g/mol. The van der Waals surface area contributed by atoms with Crippen molar-refractivity contribution < 1.29 is 5.11 Å². The van der Waals surface area contributed by atoms with Gasteiger partial charge in [-0.05, 0) is 12.8 Å². The maximum atomic E-state index is 9.21. The smallest absolute Gasteiger partial charge is 0.0640 e. The fourth-order valence-electron chi connectivity index (χ4n) is 1.12. The fourth-order valence-corrected chi connectivity index (χ4v) is 1.12. The molecule has 1 aliphatic carbocycles. The molecule has 50 valence electrons. The van der Waals surface area contributed by atoms with Gasteiger partial charge in [0.2, 0.25) is 0 Å². The number of aliphatic hydroxyl groups excluding tert-OH is 1. The van der Waals surface area contributed by atoms with Gasteiger partial charge in [0.05, 0.1) is 6.10 Å². The molecule has 0 saturated heterocycles. The van der Waals surface area contributed by atoms with Gasteiger partial charge in [0.1, 0.15) is 0 Å². The molecule has 0 radical (unpaired) electrons. The van der Waals surface area contributed by atoms with E-state index in [4.69, 9.17) is 0 Å². The van der Waals surface area contributed by atoms with Gasteiger partial charge in [-0.2, -0.15) is 0 Å². The van der Waals surface area contributed by atoms with Crippen molar-refractivity contribution in [2.75, 3.05) is 0 Å². The molecule has 0 heterocycles. The van der Waals surface area contributed by atoms with Crippen LogP contribution in [0.25, 0.3) is 0 Å². The van der Waals surface area contributed by atoms with E-state index in [9.17, 15) is 5.11 Å². The maximum absolute atomic E-state index is 9.21. The molecular weight excluding hydrogens is 112 g/mol. The highest BCUT2D eigenvalue weighted by Gasteiger charge is 2.17. The van der Waals surface area contributed by atoms with Gasteiger partial charge in [0.25, 0.3) is 0 Å². The molecule has 0 amide bonds. The van der Waals surface area contributed by atoms with Crippen LogP contribution in [0.4, 0.5) is 0 Å². The Kier molecular flexibility index (Phi) is 2.06. The number of hydrogen-bond donors (Lipinski definition) is 1. The largest absolute Gasteiger partial charge is 0.392 e. The second-order valence-corrected chi connectivity index (χ2v) is 2.42. The molecule has 1 rings (SSSR count). The molecule has 1 aliphatic rings. The molecule has 0 aromatic carbocycles. The van der Waals surface area contributed by atoms with Crippen molar-refractivity contribution in [2.45, 2.75) is 18.9 Å². The van der Waals surface area contributed by atoms with Crippen LogP contribution in [0, 0.1) is 5.92 Å². The molecular formula is C8H12O. The molecule has 1 nitrogen and oxygen atoms in total. The Hall–Kier alpha value is -0.560. The monoisotopic (exact) mass is 124 g/mol. The van der Waals surface area contributed by atoms with Crippen LogP contribution < -0.4 is 0 Å². The van der Waals surface area contributed by atoms with E-state index in [0.29, 0.717) is 5.92 Å². The Morgan fingerprint density at radius 3 is 3.00 bits per heavy atom. The molecule has 0 aromatic heterocycles. The van der Waals surface area contributed by atoms with Crippen LogP contribution in [0.3, 0.4) is 0 Å². The summed E-state index contributed by atoms with van der Waals surface area (Å²) in [6, 6.07) is 0. The van der Waals surface area contributed by atoms with Gasteiger partial charge in [0, 0.05) is 5.92 Å². The van der Waals surface area contributed by atoms with Crippen molar-refractivity contribution in [3.63, 3.8) is 0 Å². The van der Waals surface area contributed by atoms with E-state index in [1.165, 1.54) is 0 Å². The quantitative estimate of drug-likeness (QED) is 0.553. The summed E-state index contributed by atoms with van der Waals surface area (Å²) in [4.78, 5) is 0. The van der Waals surface area contributed by atoms with E-state index in [2.05, 4.69) is 12.7 Å². The molecule has 0 unspecified atom stereocenters. The van der Waals surface area contributed by atoms with Crippen LogP contribution in [0.2, 0.25) is 0 Å². The topological polar surface area (TPSA) is 20.2 Å². The summed E-state index contributed by atoms with van der Waals surface area (Å²) >= 11 is 0. The van der Waals surface area contributed by atoms with E-state index >= 15 is 0 Å². The molecule has 0 fully saturated rings. The SMILES string of the molecule is C=CC[C@@H]1C=CC[C@H]1O. The summed E-state index contributed by atoms with van der Waals surface area (Å²) < 4.78 is 0. The van der Waals surface area contributed by atoms with Crippen LogP contribution in [0.15, 0.2) is 24.8 Å². The zero-order valence-electron chi connectivity index (χ0n) is 5.46. The van der Waals surface area contributed by atoms with Gasteiger partial charge in [-0.1, -0.05) is 18.2 Å². The molecule has 0 bridgehead atoms. The third-order valence-corrected chi connectivity index (χ3v) is 1.69. The van der Waals surface area contributed by atoms with Crippen LogP contribution >= 0.6 is 0 Å². The van der Waals surface area contributed by atoms with Crippen molar-refractivity contribution in [3.05, 3.63) is 24.8 Å².